The molecule has 1 rings (SSSR count). The lowest BCUT2D eigenvalue weighted by Crippen LogP contribution is -2.42. The fourth-order valence-electron chi connectivity index (χ4n) is 2.40. The van der Waals surface area contributed by atoms with Gasteiger partial charge in [-0.3, -0.25) is 10.1 Å². The molecule has 0 saturated carbocycles. The second-order valence-electron chi connectivity index (χ2n) is 5.44. The molecule has 3 amide bonds. The Hall–Kier alpha value is -1.14. The van der Waals surface area contributed by atoms with Crippen molar-refractivity contribution < 1.29 is 9.59 Å². The van der Waals surface area contributed by atoms with Gasteiger partial charge in [0.25, 0.3) is 0 Å². The number of nitrogens with two attached hydrogens (primary N) is 1. The van der Waals surface area contributed by atoms with Crippen molar-refractivity contribution in [2.45, 2.75) is 39.2 Å². The van der Waals surface area contributed by atoms with Crippen molar-refractivity contribution in [1.82, 2.24) is 15.5 Å². The van der Waals surface area contributed by atoms with E-state index in [0.717, 1.165) is 19.6 Å². The normalized spacial score (nSPS) is 16.8. The van der Waals surface area contributed by atoms with Gasteiger partial charge in [-0.05, 0) is 45.7 Å². The molecule has 0 unspecified atom stereocenters. The van der Waals surface area contributed by atoms with Gasteiger partial charge >= 0.3 is 6.03 Å². The predicted molar refractivity (Wildman–Crippen MR) is 74.6 cm³/mol. The van der Waals surface area contributed by atoms with Gasteiger partial charge in [0.1, 0.15) is 0 Å². The number of primary amides is 1. The largest absolute Gasteiger partial charge is 0.351 e. The van der Waals surface area contributed by atoms with E-state index < -0.39 is 6.03 Å². The second kappa shape index (κ2) is 8.12. The van der Waals surface area contributed by atoms with E-state index in [9.17, 15) is 9.59 Å². The van der Waals surface area contributed by atoms with Crippen molar-refractivity contribution in [3.8, 4) is 0 Å². The third-order valence-electron chi connectivity index (χ3n) is 3.57. The number of urea groups is 1. The molecule has 0 spiro atoms. The van der Waals surface area contributed by atoms with Gasteiger partial charge in [-0.15, -0.1) is 0 Å². The first-order valence-corrected chi connectivity index (χ1v) is 7.03. The SMILES string of the molecule is CC(C)N(CCC(=O)NC(N)=O)CC1CCNCC1. The number of imide groups is 1. The average Bonchev–Trinajstić information content (AvgIpc) is 2.34. The van der Waals surface area contributed by atoms with E-state index in [-0.39, 0.29) is 5.91 Å². The van der Waals surface area contributed by atoms with Crippen LogP contribution >= 0.6 is 0 Å². The molecule has 0 aromatic carbocycles. The van der Waals surface area contributed by atoms with E-state index in [1.165, 1.54) is 12.8 Å². The van der Waals surface area contributed by atoms with Crippen LogP contribution in [0.5, 0.6) is 0 Å². The number of rotatable bonds is 6. The maximum Gasteiger partial charge on any atom is 0.318 e. The third-order valence-corrected chi connectivity index (χ3v) is 3.57. The lowest BCUT2D eigenvalue weighted by Gasteiger charge is -2.32. The van der Waals surface area contributed by atoms with Crippen LogP contribution in [0, 0.1) is 5.92 Å². The molecule has 0 radical (unpaired) electrons. The Morgan fingerprint density at radius 2 is 2.00 bits per heavy atom. The number of piperidine rings is 1. The predicted octanol–water partition coefficient (Wildman–Crippen LogP) is 0.281. The topological polar surface area (TPSA) is 87.5 Å². The maximum absolute atomic E-state index is 11.4. The molecule has 0 aromatic heterocycles. The molecule has 6 nitrogen and oxygen atoms in total. The van der Waals surface area contributed by atoms with Crippen molar-refractivity contribution >= 4 is 11.9 Å². The number of amides is 3. The van der Waals surface area contributed by atoms with Gasteiger partial charge in [-0.25, -0.2) is 4.79 Å². The van der Waals surface area contributed by atoms with E-state index in [1.54, 1.807) is 0 Å². The highest BCUT2D eigenvalue weighted by molar-refractivity contribution is 5.93. The Morgan fingerprint density at radius 3 is 2.53 bits per heavy atom. The summed E-state index contributed by atoms with van der Waals surface area (Å²) in [6.07, 6.45) is 2.69. The Bertz CT molecular complexity index is 301. The number of carbonyl (C=O) groups is 2. The zero-order valence-corrected chi connectivity index (χ0v) is 11.9. The highest BCUT2D eigenvalue weighted by atomic mass is 16.2. The Balaban J connectivity index is 2.35. The van der Waals surface area contributed by atoms with E-state index >= 15 is 0 Å². The lowest BCUT2D eigenvalue weighted by molar-refractivity contribution is -0.120. The molecular formula is C13H26N4O2. The van der Waals surface area contributed by atoms with Crippen LogP contribution in [-0.2, 0) is 4.79 Å². The molecule has 0 aliphatic carbocycles. The summed E-state index contributed by atoms with van der Waals surface area (Å²) in [5, 5.41) is 5.46. The van der Waals surface area contributed by atoms with Crippen molar-refractivity contribution in [1.29, 1.82) is 0 Å². The van der Waals surface area contributed by atoms with Crippen LogP contribution in [0.15, 0.2) is 0 Å². The van der Waals surface area contributed by atoms with Gasteiger partial charge in [0.2, 0.25) is 5.91 Å². The molecule has 4 N–H and O–H groups in total. The first-order valence-electron chi connectivity index (χ1n) is 7.03. The first kappa shape index (κ1) is 15.9. The van der Waals surface area contributed by atoms with Crippen molar-refractivity contribution in [3.63, 3.8) is 0 Å². The van der Waals surface area contributed by atoms with Crippen molar-refractivity contribution in [2.75, 3.05) is 26.2 Å². The highest BCUT2D eigenvalue weighted by Crippen LogP contribution is 2.15. The second-order valence-corrected chi connectivity index (χ2v) is 5.44. The third kappa shape index (κ3) is 6.54. The van der Waals surface area contributed by atoms with Crippen LogP contribution in [0.25, 0.3) is 0 Å². The summed E-state index contributed by atoms with van der Waals surface area (Å²) in [6.45, 7) is 8.11. The van der Waals surface area contributed by atoms with E-state index in [4.69, 9.17) is 5.73 Å². The standard InChI is InChI=1S/C13H26N4O2/c1-10(2)17(8-5-12(18)16-13(14)19)9-11-3-6-15-7-4-11/h10-11,15H,3-9H2,1-2H3,(H3,14,16,18,19). The summed E-state index contributed by atoms with van der Waals surface area (Å²) in [5.74, 6) is 0.395. The average molecular weight is 270 g/mol. The first-order chi connectivity index (χ1) is 8.99. The van der Waals surface area contributed by atoms with Crippen LogP contribution in [0.3, 0.4) is 0 Å². The number of hydrogen-bond donors (Lipinski definition) is 3. The molecular weight excluding hydrogens is 244 g/mol. The molecule has 1 saturated heterocycles. The summed E-state index contributed by atoms with van der Waals surface area (Å²) in [4.78, 5) is 24.3. The molecule has 1 aliphatic rings. The minimum atomic E-state index is -0.778. The van der Waals surface area contributed by atoms with Crippen molar-refractivity contribution in [3.05, 3.63) is 0 Å². The monoisotopic (exact) mass is 270 g/mol. The number of hydrogen-bond acceptors (Lipinski definition) is 4. The van der Waals surface area contributed by atoms with Gasteiger partial charge in [0.15, 0.2) is 0 Å². The molecule has 1 fully saturated rings. The zero-order valence-electron chi connectivity index (χ0n) is 11.9. The molecule has 1 heterocycles. The summed E-state index contributed by atoms with van der Waals surface area (Å²) in [5.41, 5.74) is 4.92. The molecule has 19 heavy (non-hydrogen) atoms. The quantitative estimate of drug-likeness (QED) is 0.647. The Morgan fingerprint density at radius 1 is 1.37 bits per heavy atom. The smallest absolute Gasteiger partial charge is 0.318 e. The minimum absolute atomic E-state index is 0.302. The van der Waals surface area contributed by atoms with Gasteiger partial charge in [0.05, 0.1) is 0 Å². The molecule has 0 bridgehead atoms. The zero-order chi connectivity index (χ0) is 14.3. The van der Waals surface area contributed by atoms with E-state index in [0.29, 0.717) is 24.9 Å². The number of carbonyl (C=O) groups excluding carboxylic acids is 2. The van der Waals surface area contributed by atoms with Crippen LogP contribution in [0.2, 0.25) is 0 Å². The van der Waals surface area contributed by atoms with Crippen LogP contribution in [-0.4, -0.2) is 49.1 Å². The molecule has 0 atom stereocenters. The minimum Gasteiger partial charge on any atom is -0.351 e. The van der Waals surface area contributed by atoms with Crippen LogP contribution < -0.4 is 16.4 Å². The summed E-state index contributed by atoms with van der Waals surface area (Å²) in [6, 6.07) is -0.379. The molecule has 0 aromatic rings. The highest BCUT2D eigenvalue weighted by Gasteiger charge is 2.19. The maximum atomic E-state index is 11.4. The van der Waals surface area contributed by atoms with Crippen LogP contribution in [0.1, 0.15) is 33.1 Å². The fourth-order valence-corrected chi connectivity index (χ4v) is 2.40. The van der Waals surface area contributed by atoms with Crippen molar-refractivity contribution in [2.24, 2.45) is 11.7 Å². The summed E-state index contributed by atoms with van der Waals surface area (Å²) >= 11 is 0. The van der Waals surface area contributed by atoms with Gasteiger partial charge < -0.3 is 16.0 Å². The van der Waals surface area contributed by atoms with Gasteiger partial charge in [0, 0.05) is 25.6 Å². The van der Waals surface area contributed by atoms with E-state index in [1.807, 2.05) is 0 Å². The lowest BCUT2D eigenvalue weighted by atomic mass is 9.97. The summed E-state index contributed by atoms with van der Waals surface area (Å²) in [7, 11) is 0. The molecule has 1 aliphatic heterocycles. The van der Waals surface area contributed by atoms with Gasteiger partial charge in [-0.2, -0.15) is 0 Å². The fraction of sp³-hybridized carbons (Fsp3) is 0.846. The van der Waals surface area contributed by atoms with E-state index in [2.05, 4.69) is 29.4 Å². The number of nitrogens with zero attached hydrogens (tertiary/aromatic N) is 1. The Kier molecular flexibility index (Phi) is 6.80. The van der Waals surface area contributed by atoms with Crippen LogP contribution in [0.4, 0.5) is 4.79 Å². The Labute approximate surface area is 115 Å². The molecule has 110 valence electrons. The number of nitrogens with one attached hydrogen (secondary N) is 2. The summed E-state index contributed by atoms with van der Waals surface area (Å²) < 4.78 is 0. The molecule has 6 heteroatoms. The van der Waals surface area contributed by atoms with Gasteiger partial charge in [-0.1, -0.05) is 0 Å².